The smallest absolute Gasteiger partial charge is 0.275 e. The summed E-state index contributed by atoms with van der Waals surface area (Å²) in [5.74, 6) is 0.629. The predicted molar refractivity (Wildman–Crippen MR) is 61.5 cm³/mol. The number of hydrogen-bond donors (Lipinski definition) is 0. The molecule has 0 fully saturated rings. The van der Waals surface area contributed by atoms with Gasteiger partial charge in [0.15, 0.2) is 0 Å². The van der Waals surface area contributed by atoms with Gasteiger partial charge in [0.05, 0.1) is 13.2 Å². The van der Waals surface area contributed by atoms with Gasteiger partial charge < -0.3 is 9.47 Å². The van der Waals surface area contributed by atoms with Crippen LogP contribution in [0.15, 0.2) is 42.4 Å². The largest absolute Gasteiger partial charge is 0.466 e. The average molecular weight is 206 g/mol. The van der Waals surface area contributed by atoms with E-state index in [0.717, 1.165) is 6.42 Å². The third-order valence-electron chi connectivity index (χ3n) is 1.92. The van der Waals surface area contributed by atoms with Gasteiger partial charge in [0.1, 0.15) is 0 Å². The van der Waals surface area contributed by atoms with Crippen LogP contribution in [-0.2, 0) is 15.9 Å². The van der Waals surface area contributed by atoms with Crippen molar-refractivity contribution in [3.05, 3.63) is 47.9 Å². The standard InChI is InChI=1S/C13H18O2/c1-3-14-13(15-4-2)11-10-12-8-6-5-7-9-12/h5-9,11H,3-4,10H2,1-2H3. The van der Waals surface area contributed by atoms with Crippen LogP contribution < -0.4 is 0 Å². The normalized spacial score (nSPS) is 9.47. The lowest BCUT2D eigenvalue weighted by Crippen LogP contribution is -1.98. The molecule has 1 rings (SSSR count). The predicted octanol–water partition coefficient (Wildman–Crippen LogP) is 3.14. The van der Waals surface area contributed by atoms with Crippen LogP contribution in [0.5, 0.6) is 0 Å². The van der Waals surface area contributed by atoms with Crippen molar-refractivity contribution in [3.63, 3.8) is 0 Å². The summed E-state index contributed by atoms with van der Waals surface area (Å²) in [5, 5.41) is 0. The van der Waals surface area contributed by atoms with Gasteiger partial charge in [-0.05, 0) is 25.8 Å². The van der Waals surface area contributed by atoms with Crippen molar-refractivity contribution in [2.24, 2.45) is 0 Å². The first-order valence-corrected chi connectivity index (χ1v) is 5.36. The monoisotopic (exact) mass is 206 g/mol. The van der Waals surface area contributed by atoms with Gasteiger partial charge in [0, 0.05) is 6.08 Å². The Morgan fingerprint density at radius 2 is 1.67 bits per heavy atom. The molecule has 0 amide bonds. The summed E-state index contributed by atoms with van der Waals surface area (Å²) in [4.78, 5) is 0. The Hall–Kier alpha value is -1.44. The van der Waals surface area contributed by atoms with E-state index in [0.29, 0.717) is 19.2 Å². The topological polar surface area (TPSA) is 18.5 Å². The van der Waals surface area contributed by atoms with Gasteiger partial charge in [-0.25, -0.2) is 0 Å². The quantitative estimate of drug-likeness (QED) is 0.666. The van der Waals surface area contributed by atoms with Crippen molar-refractivity contribution < 1.29 is 9.47 Å². The van der Waals surface area contributed by atoms with Crippen LogP contribution in [0.4, 0.5) is 0 Å². The molecule has 0 N–H and O–H groups in total. The van der Waals surface area contributed by atoms with E-state index >= 15 is 0 Å². The SMILES string of the molecule is CCOC(=CCc1ccccc1)OCC. The van der Waals surface area contributed by atoms with Gasteiger partial charge >= 0.3 is 0 Å². The summed E-state index contributed by atoms with van der Waals surface area (Å²) in [6, 6.07) is 10.3. The van der Waals surface area contributed by atoms with Crippen LogP contribution in [-0.4, -0.2) is 13.2 Å². The van der Waals surface area contributed by atoms with Gasteiger partial charge in [0.2, 0.25) is 0 Å². The van der Waals surface area contributed by atoms with Gasteiger partial charge in [-0.3, -0.25) is 0 Å². The van der Waals surface area contributed by atoms with E-state index in [1.54, 1.807) is 0 Å². The van der Waals surface area contributed by atoms with E-state index in [-0.39, 0.29) is 0 Å². The molecule has 0 aliphatic carbocycles. The molecule has 0 aromatic heterocycles. The summed E-state index contributed by atoms with van der Waals surface area (Å²) in [6.07, 6.45) is 2.82. The summed E-state index contributed by atoms with van der Waals surface area (Å²) in [7, 11) is 0. The fourth-order valence-corrected chi connectivity index (χ4v) is 1.26. The molecule has 2 nitrogen and oxygen atoms in total. The highest BCUT2D eigenvalue weighted by Crippen LogP contribution is 2.05. The summed E-state index contributed by atoms with van der Waals surface area (Å²) in [6.45, 7) is 5.19. The van der Waals surface area contributed by atoms with Crippen LogP contribution >= 0.6 is 0 Å². The summed E-state index contributed by atoms with van der Waals surface area (Å²) < 4.78 is 10.7. The van der Waals surface area contributed by atoms with Crippen LogP contribution in [0.1, 0.15) is 19.4 Å². The second kappa shape index (κ2) is 6.93. The molecule has 0 radical (unpaired) electrons. The lowest BCUT2D eigenvalue weighted by atomic mass is 10.1. The van der Waals surface area contributed by atoms with Crippen LogP contribution in [0.25, 0.3) is 0 Å². The first-order chi connectivity index (χ1) is 7.36. The minimum absolute atomic E-state index is 0.629. The zero-order valence-electron chi connectivity index (χ0n) is 9.40. The minimum Gasteiger partial charge on any atom is -0.466 e. The number of hydrogen-bond acceptors (Lipinski definition) is 2. The third kappa shape index (κ3) is 4.54. The highest BCUT2D eigenvalue weighted by Gasteiger charge is 1.96. The van der Waals surface area contributed by atoms with Gasteiger partial charge in [-0.1, -0.05) is 30.3 Å². The molecule has 1 aromatic carbocycles. The maximum atomic E-state index is 5.34. The third-order valence-corrected chi connectivity index (χ3v) is 1.92. The minimum atomic E-state index is 0.629. The maximum absolute atomic E-state index is 5.34. The zero-order chi connectivity index (χ0) is 10.9. The number of allylic oxidation sites excluding steroid dienone is 1. The molecule has 1 aromatic rings. The van der Waals surface area contributed by atoms with Gasteiger partial charge in [-0.2, -0.15) is 0 Å². The Morgan fingerprint density at radius 1 is 1.07 bits per heavy atom. The Balaban J connectivity index is 2.53. The molecule has 0 heterocycles. The molecule has 0 saturated heterocycles. The molecule has 0 unspecified atom stereocenters. The lowest BCUT2D eigenvalue weighted by molar-refractivity contribution is 0.0457. The van der Waals surface area contributed by atoms with E-state index in [2.05, 4.69) is 12.1 Å². The molecule has 0 spiro atoms. The first-order valence-electron chi connectivity index (χ1n) is 5.36. The highest BCUT2D eigenvalue weighted by molar-refractivity contribution is 5.17. The van der Waals surface area contributed by atoms with Crippen molar-refractivity contribution in [1.82, 2.24) is 0 Å². The van der Waals surface area contributed by atoms with Crippen LogP contribution in [0, 0.1) is 0 Å². The van der Waals surface area contributed by atoms with E-state index in [4.69, 9.17) is 9.47 Å². The van der Waals surface area contributed by atoms with E-state index < -0.39 is 0 Å². The molecular weight excluding hydrogens is 188 g/mol. The lowest BCUT2D eigenvalue weighted by Gasteiger charge is -2.08. The fraction of sp³-hybridized carbons (Fsp3) is 0.385. The molecular formula is C13H18O2. The van der Waals surface area contributed by atoms with E-state index in [9.17, 15) is 0 Å². The Morgan fingerprint density at radius 3 is 2.20 bits per heavy atom. The molecule has 0 aliphatic rings. The molecule has 0 aliphatic heterocycles. The number of benzene rings is 1. The maximum Gasteiger partial charge on any atom is 0.275 e. The zero-order valence-corrected chi connectivity index (χ0v) is 9.40. The van der Waals surface area contributed by atoms with Crippen LogP contribution in [0.3, 0.4) is 0 Å². The Kier molecular flexibility index (Phi) is 5.38. The van der Waals surface area contributed by atoms with Crippen molar-refractivity contribution in [1.29, 1.82) is 0 Å². The summed E-state index contributed by atoms with van der Waals surface area (Å²) in [5.41, 5.74) is 1.26. The second-order valence-electron chi connectivity index (χ2n) is 3.08. The highest BCUT2D eigenvalue weighted by atomic mass is 16.7. The molecule has 82 valence electrons. The van der Waals surface area contributed by atoms with Crippen molar-refractivity contribution in [3.8, 4) is 0 Å². The first kappa shape index (κ1) is 11.6. The van der Waals surface area contributed by atoms with Crippen molar-refractivity contribution in [2.75, 3.05) is 13.2 Å². The van der Waals surface area contributed by atoms with E-state index in [1.807, 2.05) is 38.1 Å². The molecule has 0 bridgehead atoms. The molecule has 0 saturated carbocycles. The molecule has 2 heteroatoms. The van der Waals surface area contributed by atoms with E-state index in [1.165, 1.54) is 5.56 Å². The average Bonchev–Trinajstić information content (AvgIpc) is 2.28. The number of rotatable bonds is 6. The molecule has 0 atom stereocenters. The Bertz CT molecular complexity index is 283. The van der Waals surface area contributed by atoms with Gasteiger partial charge in [0.25, 0.3) is 5.95 Å². The van der Waals surface area contributed by atoms with Crippen molar-refractivity contribution in [2.45, 2.75) is 20.3 Å². The Labute approximate surface area is 91.5 Å². The second-order valence-corrected chi connectivity index (χ2v) is 3.08. The van der Waals surface area contributed by atoms with Gasteiger partial charge in [-0.15, -0.1) is 0 Å². The fourth-order valence-electron chi connectivity index (χ4n) is 1.26. The van der Waals surface area contributed by atoms with Crippen molar-refractivity contribution >= 4 is 0 Å². The van der Waals surface area contributed by atoms with Crippen LogP contribution in [0.2, 0.25) is 0 Å². The molecule has 15 heavy (non-hydrogen) atoms. The number of ether oxygens (including phenoxy) is 2. The summed E-state index contributed by atoms with van der Waals surface area (Å²) >= 11 is 0.